The lowest BCUT2D eigenvalue weighted by Gasteiger charge is -2.34. The van der Waals surface area contributed by atoms with E-state index in [4.69, 9.17) is 14.6 Å². The van der Waals surface area contributed by atoms with Crippen molar-refractivity contribution in [1.29, 1.82) is 0 Å². The summed E-state index contributed by atoms with van der Waals surface area (Å²) in [7, 11) is 0. The smallest absolute Gasteiger partial charge is 0.312 e. The molecule has 3 heterocycles. The summed E-state index contributed by atoms with van der Waals surface area (Å²) in [5.41, 5.74) is -1.01. The second-order valence-electron chi connectivity index (χ2n) is 8.38. The molecule has 6 atom stereocenters. The van der Waals surface area contributed by atoms with Crippen LogP contribution >= 0.6 is 15.9 Å². The molecule has 2 N–H and O–H groups in total. The van der Waals surface area contributed by atoms with Crippen LogP contribution in [-0.2, 0) is 23.9 Å². The van der Waals surface area contributed by atoms with E-state index in [1.807, 2.05) is 0 Å². The SMILES string of the molecule is CCCCNC(=O)[C@@H]1N(CCCCCO)C(=O)[C@H]2[C@H](C(=O)OCC)[C@H]3O[C@@]12CC3Br. The molecule has 170 valence electrons. The van der Waals surface area contributed by atoms with Crippen molar-refractivity contribution in [2.45, 2.75) is 74.9 Å². The molecule has 9 heteroatoms. The number of nitrogens with one attached hydrogen (secondary N) is 1. The van der Waals surface area contributed by atoms with Gasteiger partial charge in [0.05, 0.1) is 24.5 Å². The molecule has 0 aromatic carbocycles. The molecule has 8 nitrogen and oxygen atoms in total. The number of hydrogen-bond donors (Lipinski definition) is 2. The number of aliphatic hydroxyl groups is 1. The second-order valence-corrected chi connectivity index (χ2v) is 9.55. The van der Waals surface area contributed by atoms with Crippen LogP contribution in [0.5, 0.6) is 0 Å². The molecule has 0 aromatic rings. The topological polar surface area (TPSA) is 105 Å². The Morgan fingerprint density at radius 1 is 1.30 bits per heavy atom. The lowest BCUT2D eigenvalue weighted by atomic mass is 9.70. The van der Waals surface area contributed by atoms with E-state index in [1.54, 1.807) is 11.8 Å². The molecule has 30 heavy (non-hydrogen) atoms. The van der Waals surface area contributed by atoms with Crippen LogP contribution in [0.3, 0.4) is 0 Å². The summed E-state index contributed by atoms with van der Waals surface area (Å²) in [4.78, 5) is 41.0. The van der Waals surface area contributed by atoms with E-state index in [9.17, 15) is 14.4 Å². The Morgan fingerprint density at radius 2 is 2.07 bits per heavy atom. The molecule has 1 unspecified atom stereocenters. The van der Waals surface area contributed by atoms with Gasteiger partial charge in [-0.2, -0.15) is 0 Å². The first-order valence-electron chi connectivity index (χ1n) is 11.1. The number of ether oxygens (including phenoxy) is 2. The predicted molar refractivity (Wildman–Crippen MR) is 113 cm³/mol. The Balaban J connectivity index is 1.89. The number of halogens is 1. The molecule has 3 saturated heterocycles. The summed E-state index contributed by atoms with van der Waals surface area (Å²) in [5, 5.41) is 12.0. The Hall–Kier alpha value is -1.19. The third kappa shape index (κ3) is 4.00. The highest BCUT2D eigenvalue weighted by molar-refractivity contribution is 9.09. The standard InChI is InChI=1S/C21H33BrN2O6/c1-3-5-9-23-18(26)17-21-12-13(22)16(30-21)14(20(28)29-4-2)15(21)19(27)24(17)10-7-6-8-11-25/h13-17,25H,3-12H2,1-2H3,(H,23,26)/t13?,14-,15+,16-,17-,21+/m0/s1. The van der Waals surface area contributed by atoms with E-state index < -0.39 is 35.6 Å². The van der Waals surface area contributed by atoms with Crippen LogP contribution in [0.2, 0.25) is 0 Å². The highest BCUT2D eigenvalue weighted by atomic mass is 79.9. The third-order valence-corrected chi connectivity index (χ3v) is 7.33. The van der Waals surface area contributed by atoms with Crippen molar-refractivity contribution in [3.05, 3.63) is 0 Å². The zero-order valence-corrected chi connectivity index (χ0v) is 19.4. The molecule has 0 radical (unpaired) electrons. The lowest BCUT2D eigenvalue weighted by Crippen LogP contribution is -2.56. The summed E-state index contributed by atoms with van der Waals surface area (Å²) in [5.74, 6) is -2.25. The average molecular weight is 489 g/mol. The fourth-order valence-electron chi connectivity index (χ4n) is 5.23. The van der Waals surface area contributed by atoms with E-state index >= 15 is 0 Å². The van der Waals surface area contributed by atoms with Gasteiger partial charge in [-0.3, -0.25) is 14.4 Å². The largest absolute Gasteiger partial charge is 0.466 e. The lowest BCUT2D eigenvalue weighted by molar-refractivity contribution is -0.154. The number of unbranched alkanes of at least 4 members (excludes halogenated alkanes) is 3. The van der Waals surface area contributed by atoms with E-state index in [1.165, 1.54) is 0 Å². The highest BCUT2D eigenvalue weighted by Crippen LogP contribution is 2.60. The zero-order valence-electron chi connectivity index (χ0n) is 17.8. The first kappa shape index (κ1) is 23.5. The minimum atomic E-state index is -1.01. The van der Waals surface area contributed by atoms with E-state index in [2.05, 4.69) is 28.2 Å². The molecule has 0 aliphatic carbocycles. The number of alkyl halides is 1. The van der Waals surface area contributed by atoms with Crippen molar-refractivity contribution in [2.24, 2.45) is 11.8 Å². The Bertz CT molecular complexity index is 661. The number of fused-ring (bicyclic) bond motifs is 1. The van der Waals surface area contributed by atoms with E-state index in [0.29, 0.717) is 32.4 Å². The van der Waals surface area contributed by atoms with Gasteiger partial charge in [0.1, 0.15) is 11.6 Å². The minimum absolute atomic E-state index is 0.0996. The van der Waals surface area contributed by atoms with Gasteiger partial charge in [0.2, 0.25) is 11.8 Å². The number of aliphatic hydroxyl groups excluding tert-OH is 1. The number of amides is 2. The van der Waals surface area contributed by atoms with Crippen LogP contribution in [-0.4, -0.2) is 76.7 Å². The van der Waals surface area contributed by atoms with Crippen molar-refractivity contribution in [2.75, 3.05) is 26.3 Å². The van der Waals surface area contributed by atoms with Crippen molar-refractivity contribution < 1.29 is 29.0 Å². The van der Waals surface area contributed by atoms with Crippen LogP contribution in [0.15, 0.2) is 0 Å². The molecule has 2 bridgehead atoms. The number of carbonyl (C=O) groups excluding carboxylic acids is 3. The highest BCUT2D eigenvalue weighted by Gasteiger charge is 2.76. The molecule has 3 fully saturated rings. The van der Waals surface area contributed by atoms with Gasteiger partial charge in [-0.25, -0.2) is 0 Å². The molecule has 3 aliphatic rings. The summed E-state index contributed by atoms with van der Waals surface area (Å²) in [6.45, 7) is 5.06. The first-order chi connectivity index (χ1) is 14.4. The molecular weight excluding hydrogens is 456 g/mol. The Kier molecular flexibility index (Phi) is 7.79. The normalized spacial score (nSPS) is 34.3. The fourth-order valence-corrected chi connectivity index (χ4v) is 6.18. The Labute approximate surface area is 186 Å². The quantitative estimate of drug-likeness (QED) is 0.258. The first-order valence-corrected chi connectivity index (χ1v) is 12.0. The maximum Gasteiger partial charge on any atom is 0.312 e. The number of carbonyl (C=O) groups is 3. The van der Waals surface area contributed by atoms with Crippen LogP contribution in [0, 0.1) is 11.8 Å². The molecule has 3 rings (SSSR count). The van der Waals surface area contributed by atoms with Crippen LogP contribution < -0.4 is 5.32 Å². The van der Waals surface area contributed by atoms with E-state index in [0.717, 1.165) is 19.3 Å². The number of hydrogen-bond acceptors (Lipinski definition) is 6. The molecule has 1 spiro atoms. The molecule has 0 saturated carbocycles. The summed E-state index contributed by atoms with van der Waals surface area (Å²) < 4.78 is 11.6. The minimum Gasteiger partial charge on any atom is -0.466 e. The summed E-state index contributed by atoms with van der Waals surface area (Å²) in [6, 6.07) is -0.759. The fraction of sp³-hybridized carbons (Fsp3) is 0.857. The summed E-state index contributed by atoms with van der Waals surface area (Å²) >= 11 is 3.62. The van der Waals surface area contributed by atoms with Crippen LogP contribution in [0.25, 0.3) is 0 Å². The molecule has 3 aliphatic heterocycles. The van der Waals surface area contributed by atoms with Crippen LogP contribution in [0.1, 0.15) is 52.4 Å². The van der Waals surface area contributed by atoms with Gasteiger partial charge in [-0.15, -0.1) is 0 Å². The number of esters is 1. The van der Waals surface area contributed by atoms with Gasteiger partial charge in [0.15, 0.2) is 0 Å². The van der Waals surface area contributed by atoms with Gasteiger partial charge < -0.3 is 24.8 Å². The van der Waals surface area contributed by atoms with Crippen molar-refractivity contribution in [3.8, 4) is 0 Å². The predicted octanol–water partition coefficient (Wildman–Crippen LogP) is 1.38. The van der Waals surface area contributed by atoms with E-state index in [-0.39, 0.29) is 29.9 Å². The van der Waals surface area contributed by atoms with Gasteiger partial charge in [-0.1, -0.05) is 29.3 Å². The van der Waals surface area contributed by atoms with Crippen molar-refractivity contribution >= 4 is 33.7 Å². The molecule has 2 amide bonds. The van der Waals surface area contributed by atoms with Gasteiger partial charge >= 0.3 is 5.97 Å². The molecule has 0 aromatic heterocycles. The number of nitrogens with zero attached hydrogens (tertiary/aromatic N) is 1. The van der Waals surface area contributed by atoms with Crippen LogP contribution in [0.4, 0.5) is 0 Å². The monoisotopic (exact) mass is 488 g/mol. The number of rotatable bonds is 11. The van der Waals surface area contributed by atoms with Gasteiger partial charge in [-0.05, 0) is 39.0 Å². The van der Waals surface area contributed by atoms with Gasteiger partial charge in [0, 0.05) is 24.5 Å². The molecular formula is C21H33BrN2O6. The van der Waals surface area contributed by atoms with Crippen molar-refractivity contribution in [1.82, 2.24) is 10.2 Å². The van der Waals surface area contributed by atoms with Gasteiger partial charge in [0.25, 0.3) is 0 Å². The maximum atomic E-state index is 13.5. The average Bonchev–Trinajstić information content (AvgIpc) is 3.29. The number of likely N-dealkylation sites (tertiary alicyclic amines) is 1. The maximum absolute atomic E-state index is 13.5. The Morgan fingerprint density at radius 3 is 2.73 bits per heavy atom. The summed E-state index contributed by atoms with van der Waals surface area (Å²) in [6.07, 6.45) is 3.93. The second kappa shape index (κ2) is 9.96. The zero-order chi connectivity index (χ0) is 21.9. The third-order valence-electron chi connectivity index (χ3n) is 6.48. The van der Waals surface area contributed by atoms with Crippen molar-refractivity contribution in [3.63, 3.8) is 0 Å².